The maximum absolute atomic E-state index is 5.38. The van der Waals surface area contributed by atoms with Crippen molar-refractivity contribution in [2.24, 2.45) is 21.1 Å². The first kappa shape index (κ1) is 79.3. The average molecular weight is 2150 g/mol. The van der Waals surface area contributed by atoms with Crippen LogP contribution in [-0.2, 0) is 101 Å². The molecule has 0 atom stereocenters. The van der Waals surface area contributed by atoms with Gasteiger partial charge in [-0.2, -0.15) is 109 Å². The first-order valence-corrected chi connectivity index (χ1v) is 41.4. The molecule has 12 aromatic carbocycles. The molecule has 3 aliphatic heterocycles. The van der Waals surface area contributed by atoms with Crippen LogP contribution in [0.5, 0.6) is 0 Å². The molecule has 12 heterocycles. The van der Waals surface area contributed by atoms with Crippen LogP contribution in [0.1, 0.15) is 11.1 Å². The summed E-state index contributed by atoms with van der Waals surface area (Å²) in [5.74, 6) is 4.34. The molecule has 0 spiro atoms. The van der Waals surface area contributed by atoms with Crippen LogP contribution in [0.25, 0.3) is 121 Å². The van der Waals surface area contributed by atoms with Gasteiger partial charge in [-0.15, -0.1) is 105 Å². The van der Waals surface area contributed by atoms with Gasteiger partial charge in [-0.25, -0.2) is 37.4 Å². The summed E-state index contributed by atoms with van der Waals surface area (Å²) in [7, 11) is 8.35. The second-order valence-electron chi connectivity index (χ2n) is 30.0. The molecule has 0 saturated heterocycles. The molecular weight excluding hydrogens is 2080 g/mol. The van der Waals surface area contributed by atoms with Crippen molar-refractivity contribution in [2.75, 3.05) is 26.6 Å². The number of anilines is 11. The van der Waals surface area contributed by atoms with Crippen molar-refractivity contribution in [2.45, 2.75) is 22.6 Å². The molecule has 17 heteroatoms. The van der Waals surface area contributed by atoms with Crippen molar-refractivity contribution in [1.29, 1.82) is 0 Å². The number of nitrogens with zero attached hydrogens (tertiary/aromatic N) is 12. The van der Waals surface area contributed by atoms with Crippen LogP contribution in [0.4, 0.5) is 63.0 Å². The zero-order valence-corrected chi connectivity index (χ0v) is 74.3. The number of rotatable bonds is 9. The number of hydrogen-bond donors (Lipinski definition) is 0. The van der Waals surface area contributed by atoms with Gasteiger partial charge in [0.2, 0.25) is 0 Å². The molecule has 3 aliphatic rings. The quantitative estimate of drug-likeness (QED) is 0.0804. The maximum Gasteiger partial charge on any atom is 3.00 e. The fourth-order valence-electron chi connectivity index (χ4n) is 17.4. The number of hydrogen-bond acceptors (Lipinski definition) is 9. The molecule has 12 nitrogen and oxygen atoms in total. The van der Waals surface area contributed by atoms with Crippen molar-refractivity contribution in [3.63, 3.8) is 0 Å². The van der Waals surface area contributed by atoms with Crippen molar-refractivity contribution < 1.29 is 71.7 Å². The molecule has 594 valence electrons. The summed E-state index contributed by atoms with van der Waals surface area (Å²) in [6, 6.07) is 132. The van der Waals surface area contributed by atoms with Crippen LogP contribution in [0.2, 0.25) is 0 Å². The van der Waals surface area contributed by atoms with Crippen molar-refractivity contribution in [3.05, 3.63) is 387 Å². The van der Waals surface area contributed by atoms with Gasteiger partial charge in [0, 0.05) is 34.5 Å². The predicted octanol–water partition coefficient (Wildman–Crippen LogP) is 25.1. The normalized spacial score (nSPS) is 12.4. The Labute approximate surface area is 762 Å². The zero-order chi connectivity index (χ0) is 79.3. The van der Waals surface area contributed by atoms with Crippen molar-refractivity contribution in [3.8, 4) is 56.3 Å². The second kappa shape index (κ2) is 33.2. The van der Waals surface area contributed by atoms with Gasteiger partial charge in [0.05, 0.1) is 22.0 Å². The second-order valence-corrected chi connectivity index (χ2v) is 32.0. The molecule has 0 amide bonds. The van der Waals surface area contributed by atoms with Gasteiger partial charge in [-0.3, -0.25) is 4.57 Å². The Hall–Kier alpha value is -12.5. The fourth-order valence-corrected chi connectivity index (χ4v) is 19.1. The minimum atomic E-state index is 0. The summed E-state index contributed by atoms with van der Waals surface area (Å²) in [5.41, 5.74) is 25.0. The van der Waals surface area contributed by atoms with Crippen LogP contribution in [0, 0.1) is 48.5 Å². The number of aromatic nitrogens is 8. The Morgan fingerprint density at radius 3 is 2.02 bits per heavy atom. The third kappa shape index (κ3) is 13.9. The molecule has 0 aliphatic carbocycles. The molecule has 0 N–H and O–H groups in total. The molecule has 0 unspecified atom stereocenters. The molecule has 0 fully saturated rings. The number of thiophene rings is 1. The SMILES string of the molecule is CN1c2ccc(-c3cn(C)c4c3[c-]cn4C)[c-]c2N(c2cccc(-c3cccc4sc[c-]c34)n2)c2ccccc21.C[n+]1c[cH-]c2c(-c3[c-]c4c(cc3)CCc3ccccc3N4c3cccc(-n4c5[c-]cccc5c5ccccc54)n3)cccc21.[Au+3].[Au+3].[Au+3].[c-]1ccccc1-c1[c-]c(N2c3ccccc3Sc3ccc(-n4ccc5ccc[c-]c54)nc32)ccc1. The third-order valence-corrected chi connectivity index (χ3v) is 24.9. The predicted molar refractivity (Wildman–Crippen MR) is 485 cm³/mol. The third-order valence-electron chi connectivity index (χ3n) is 23.0. The monoisotopic (exact) mass is 2150 g/mol. The molecule has 122 heavy (non-hydrogen) atoms. The summed E-state index contributed by atoms with van der Waals surface area (Å²) in [4.78, 5) is 27.1. The van der Waals surface area contributed by atoms with E-state index in [0.717, 1.165) is 170 Å². The van der Waals surface area contributed by atoms with Crippen molar-refractivity contribution in [1.82, 2.24) is 33.2 Å². The Morgan fingerprint density at radius 2 is 1.13 bits per heavy atom. The Balaban J connectivity index is 0.000000120. The van der Waals surface area contributed by atoms with Crippen molar-refractivity contribution >= 4 is 151 Å². The van der Waals surface area contributed by atoms with Crippen LogP contribution < -0.4 is 24.2 Å². The van der Waals surface area contributed by atoms with E-state index in [-0.39, 0.29) is 67.1 Å². The summed E-state index contributed by atoms with van der Waals surface area (Å²) in [6.45, 7) is 0. The van der Waals surface area contributed by atoms with Gasteiger partial charge in [-0.1, -0.05) is 160 Å². The van der Waals surface area contributed by atoms with Crippen LogP contribution in [0.3, 0.4) is 0 Å². The van der Waals surface area contributed by atoms with Crippen LogP contribution >= 0.6 is 23.1 Å². The van der Waals surface area contributed by atoms with E-state index in [2.05, 4.69) is 399 Å². The van der Waals surface area contributed by atoms with E-state index >= 15 is 0 Å². The minimum Gasteiger partial charge on any atom is -0.400 e. The van der Waals surface area contributed by atoms with Crippen LogP contribution in [-0.4, -0.2) is 40.3 Å². The van der Waals surface area contributed by atoms with Gasteiger partial charge < -0.3 is 37.9 Å². The smallest absolute Gasteiger partial charge is 0.400 e. The standard InChI is InChI=1S/C40H28N4.C34H24N5S.C31H18N3S.3Au/c1-42-25-24-33-30(13-8-17-35(33)42)29-23-22-28-21-20-27-10-2-5-14-34(27)43(38(28)26-29)39-18-9-19-40(41-39)44-36-15-6-3-11-31(36)32-12-4-7-16-37(32)44;1-36-18-16-25-26(21-37(2)34(25)36)22-14-15-29-31(20-22)39(30-11-5-4-10-28(30)38(29)3)33-13-7-9-27(35-33)23-8-6-12-32-24(23)17-19-40-32;1-2-9-22(10-3-1)24-12-8-13-25(21-24)34-27-15-6-7-16-28(27)35-29-17-18-30(32-31(29)34)33-20-19-23-11-4-5-14-26(23)33;;;/h2-15,17-19,22-25H,20-21H2,1H3;4-15,18-19,21H,1-3H3;1-9,11-13,15-20H;;;/q-2;2*-3;3*+3. The maximum atomic E-state index is 5.38. The largest absolute Gasteiger partial charge is 3.00 e. The number of fused-ring (bicyclic) bond motifs is 13. The first-order chi connectivity index (χ1) is 58.7. The fraction of sp³-hybridized carbons (Fsp3) is 0.0571. The zero-order valence-electron chi connectivity index (χ0n) is 66.2. The van der Waals surface area contributed by atoms with E-state index in [1.54, 1.807) is 23.1 Å². The summed E-state index contributed by atoms with van der Waals surface area (Å²) in [5, 5.41) is 8.97. The number of para-hydroxylation sites is 7. The topological polar surface area (TPSA) is 75.2 Å². The Kier molecular flexibility index (Phi) is 21.6. The Morgan fingerprint density at radius 1 is 0.434 bits per heavy atom. The van der Waals surface area contributed by atoms with Gasteiger partial charge in [0.1, 0.15) is 42.0 Å². The molecule has 0 saturated carbocycles. The number of benzene rings is 12. The van der Waals surface area contributed by atoms with E-state index in [0.29, 0.717) is 0 Å². The summed E-state index contributed by atoms with van der Waals surface area (Å²) >= 11 is 3.45. The Bertz CT molecular complexity index is 7510. The van der Waals surface area contributed by atoms with E-state index in [1.165, 1.54) is 48.0 Å². The number of pyridine rings is 3. The minimum absolute atomic E-state index is 0. The molecule has 0 bridgehead atoms. The van der Waals surface area contributed by atoms with Gasteiger partial charge in [0.15, 0.2) is 5.82 Å². The molecule has 0 radical (unpaired) electrons. The van der Waals surface area contributed by atoms with E-state index in [9.17, 15) is 0 Å². The average Bonchev–Trinajstić information content (AvgIpc) is 1.01. The van der Waals surface area contributed by atoms with Gasteiger partial charge in [0.25, 0.3) is 0 Å². The molecule has 21 aromatic rings. The number of aryl methyl sites for hydroxylation is 5. The van der Waals surface area contributed by atoms with Gasteiger partial charge >= 0.3 is 67.1 Å². The summed E-state index contributed by atoms with van der Waals surface area (Å²) < 4.78 is 12.0. The first-order valence-electron chi connectivity index (χ1n) is 39.7. The van der Waals surface area contributed by atoms with Gasteiger partial charge in [-0.05, 0) is 145 Å². The van der Waals surface area contributed by atoms with E-state index in [4.69, 9.17) is 15.0 Å². The van der Waals surface area contributed by atoms with Crippen LogP contribution in [0.15, 0.2) is 337 Å². The molecular formula is C105H70Au3N12S2+. The molecule has 24 rings (SSSR count). The summed E-state index contributed by atoms with van der Waals surface area (Å²) in [6.07, 6.45) is 10.2. The van der Waals surface area contributed by atoms with E-state index in [1.807, 2.05) is 48.0 Å². The molecule has 9 aromatic heterocycles. The van der Waals surface area contributed by atoms with E-state index < -0.39 is 0 Å².